The van der Waals surface area contributed by atoms with Gasteiger partial charge in [-0.3, -0.25) is 10.1 Å². The number of rotatable bonds is 5. The number of nitrogens with zero attached hydrogens (tertiary/aromatic N) is 1. The standard InChI is InChI=1S/C14H12BrNO5/c1-19-13-7-11(16(17)18)12(8-14(13)20-2)21-10-5-3-4-9(15)6-10/h3-8H,1-2H3. The van der Waals surface area contributed by atoms with Crippen LogP contribution in [0.25, 0.3) is 0 Å². The number of ether oxygens (including phenoxy) is 3. The van der Waals surface area contributed by atoms with Gasteiger partial charge >= 0.3 is 5.69 Å². The number of nitro benzene ring substituents is 1. The smallest absolute Gasteiger partial charge is 0.315 e. The van der Waals surface area contributed by atoms with Crippen LogP contribution in [-0.4, -0.2) is 19.1 Å². The SMILES string of the molecule is COc1cc(Oc2cccc(Br)c2)c([N+](=O)[O-])cc1OC. The molecule has 21 heavy (non-hydrogen) atoms. The van der Waals surface area contributed by atoms with Crippen LogP contribution in [0.3, 0.4) is 0 Å². The molecule has 6 nitrogen and oxygen atoms in total. The molecule has 0 amide bonds. The highest BCUT2D eigenvalue weighted by Gasteiger charge is 2.21. The Morgan fingerprint density at radius 2 is 1.71 bits per heavy atom. The summed E-state index contributed by atoms with van der Waals surface area (Å²) in [5.41, 5.74) is -0.201. The lowest BCUT2D eigenvalue weighted by Crippen LogP contribution is -1.97. The molecule has 0 unspecified atom stereocenters. The van der Waals surface area contributed by atoms with Gasteiger partial charge in [-0.25, -0.2) is 0 Å². The van der Waals surface area contributed by atoms with Gasteiger partial charge < -0.3 is 14.2 Å². The molecule has 7 heteroatoms. The second kappa shape index (κ2) is 6.45. The van der Waals surface area contributed by atoms with Gasteiger partial charge in [-0.05, 0) is 18.2 Å². The Hall–Kier alpha value is -2.28. The van der Waals surface area contributed by atoms with E-state index in [1.165, 1.54) is 26.4 Å². The molecule has 0 atom stereocenters. The average Bonchev–Trinajstić information content (AvgIpc) is 2.46. The lowest BCUT2D eigenvalue weighted by molar-refractivity contribution is -0.385. The van der Waals surface area contributed by atoms with Crippen molar-refractivity contribution < 1.29 is 19.1 Å². The van der Waals surface area contributed by atoms with Crippen molar-refractivity contribution >= 4 is 21.6 Å². The van der Waals surface area contributed by atoms with Crippen LogP contribution in [0.15, 0.2) is 40.9 Å². The topological polar surface area (TPSA) is 70.8 Å². The number of methoxy groups -OCH3 is 2. The Morgan fingerprint density at radius 3 is 2.29 bits per heavy atom. The monoisotopic (exact) mass is 353 g/mol. The molecule has 0 saturated heterocycles. The van der Waals surface area contributed by atoms with E-state index in [0.29, 0.717) is 11.5 Å². The minimum atomic E-state index is -0.532. The molecule has 0 radical (unpaired) electrons. The molecule has 0 aromatic heterocycles. The zero-order chi connectivity index (χ0) is 15.4. The summed E-state index contributed by atoms with van der Waals surface area (Å²) < 4.78 is 16.6. The molecule has 0 heterocycles. The average molecular weight is 354 g/mol. The molecule has 0 saturated carbocycles. The van der Waals surface area contributed by atoms with E-state index >= 15 is 0 Å². The number of hydrogen-bond donors (Lipinski definition) is 0. The van der Waals surface area contributed by atoms with Crippen molar-refractivity contribution in [1.82, 2.24) is 0 Å². The lowest BCUT2D eigenvalue weighted by atomic mass is 10.2. The number of nitro groups is 1. The number of benzene rings is 2. The third-order valence-electron chi connectivity index (χ3n) is 2.69. The summed E-state index contributed by atoms with van der Waals surface area (Å²) in [6.45, 7) is 0. The van der Waals surface area contributed by atoms with E-state index in [2.05, 4.69) is 15.9 Å². The first kappa shape index (κ1) is 15.1. The summed E-state index contributed by atoms with van der Waals surface area (Å²) in [5, 5.41) is 11.2. The van der Waals surface area contributed by atoms with Gasteiger partial charge in [0.25, 0.3) is 0 Å². The minimum Gasteiger partial charge on any atom is -0.493 e. The molecular weight excluding hydrogens is 342 g/mol. The fourth-order valence-corrected chi connectivity index (χ4v) is 2.11. The first-order chi connectivity index (χ1) is 10.0. The Morgan fingerprint density at radius 1 is 1.05 bits per heavy atom. The maximum absolute atomic E-state index is 11.2. The number of hydrogen-bond acceptors (Lipinski definition) is 5. The molecule has 0 aliphatic heterocycles. The second-order valence-electron chi connectivity index (χ2n) is 3.99. The van der Waals surface area contributed by atoms with Crippen molar-refractivity contribution in [2.75, 3.05) is 14.2 Å². The zero-order valence-electron chi connectivity index (χ0n) is 11.3. The third kappa shape index (κ3) is 3.43. The van der Waals surface area contributed by atoms with E-state index in [-0.39, 0.29) is 17.2 Å². The molecule has 0 spiro atoms. The first-order valence-corrected chi connectivity index (χ1v) is 6.68. The van der Waals surface area contributed by atoms with E-state index in [4.69, 9.17) is 14.2 Å². The molecule has 110 valence electrons. The van der Waals surface area contributed by atoms with Crippen LogP contribution >= 0.6 is 15.9 Å². The van der Waals surface area contributed by atoms with Crippen molar-refractivity contribution in [3.05, 3.63) is 51.0 Å². The summed E-state index contributed by atoms with van der Waals surface area (Å²) >= 11 is 3.32. The van der Waals surface area contributed by atoms with Crippen LogP contribution in [0.2, 0.25) is 0 Å². The van der Waals surface area contributed by atoms with Crippen molar-refractivity contribution in [2.45, 2.75) is 0 Å². The van der Waals surface area contributed by atoms with Crippen molar-refractivity contribution in [2.24, 2.45) is 0 Å². The van der Waals surface area contributed by atoms with Gasteiger partial charge in [0, 0.05) is 10.5 Å². The predicted molar refractivity (Wildman–Crippen MR) is 80.4 cm³/mol. The van der Waals surface area contributed by atoms with Gasteiger partial charge in [0.05, 0.1) is 25.2 Å². The Bertz CT molecular complexity index is 674. The second-order valence-corrected chi connectivity index (χ2v) is 4.91. The van der Waals surface area contributed by atoms with Crippen molar-refractivity contribution in [3.8, 4) is 23.0 Å². The molecule has 0 bridgehead atoms. The molecule has 0 fully saturated rings. The molecule has 2 aromatic rings. The van der Waals surface area contributed by atoms with Gasteiger partial charge in [-0.2, -0.15) is 0 Å². The highest BCUT2D eigenvalue weighted by Crippen LogP contribution is 2.41. The molecular formula is C14H12BrNO5. The van der Waals surface area contributed by atoms with E-state index in [0.717, 1.165) is 4.47 Å². The van der Waals surface area contributed by atoms with E-state index in [1.807, 2.05) is 6.07 Å². The van der Waals surface area contributed by atoms with E-state index in [9.17, 15) is 10.1 Å². The van der Waals surface area contributed by atoms with Crippen LogP contribution in [0, 0.1) is 10.1 Å². The van der Waals surface area contributed by atoms with Crippen molar-refractivity contribution in [3.63, 3.8) is 0 Å². The van der Waals surface area contributed by atoms with Crippen LogP contribution in [0.5, 0.6) is 23.0 Å². The summed E-state index contributed by atoms with van der Waals surface area (Å²) in [7, 11) is 2.86. The fourth-order valence-electron chi connectivity index (χ4n) is 1.73. The highest BCUT2D eigenvalue weighted by atomic mass is 79.9. The maximum Gasteiger partial charge on any atom is 0.315 e. The van der Waals surface area contributed by atoms with Crippen LogP contribution in [-0.2, 0) is 0 Å². The van der Waals surface area contributed by atoms with Crippen LogP contribution in [0.4, 0.5) is 5.69 Å². The summed E-state index contributed by atoms with van der Waals surface area (Å²) in [4.78, 5) is 10.6. The minimum absolute atomic E-state index is 0.0794. The molecule has 2 aromatic carbocycles. The Balaban J connectivity index is 2.48. The van der Waals surface area contributed by atoms with Gasteiger partial charge in [-0.15, -0.1) is 0 Å². The fraction of sp³-hybridized carbons (Fsp3) is 0.143. The van der Waals surface area contributed by atoms with E-state index < -0.39 is 4.92 Å². The summed E-state index contributed by atoms with van der Waals surface area (Å²) in [5.74, 6) is 1.18. The Labute approximate surface area is 129 Å². The van der Waals surface area contributed by atoms with Gasteiger partial charge in [0.2, 0.25) is 5.75 Å². The van der Waals surface area contributed by atoms with Gasteiger partial charge in [-0.1, -0.05) is 22.0 Å². The summed E-state index contributed by atoms with van der Waals surface area (Å²) in [6.07, 6.45) is 0. The lowest BCUT2D eigenvalue weighted by Gasteiger charge is -2.11. The van der Waals surface area contributed by atoms with Gasteiger partial charge in [0.15, 0.2) is 11.5 Å². The highest BCUT2D eigenvalue weighted by molar-refractivity contribution is 9.10. The predicted octanol–water partition coefficient (Wildman–Crippen LogP) is 4.17. The molecule has 2 rings (SSSR count). The molecule has 0 aliphatic carbocycles. The number of halogens is 1. The molecule has 0 aliphatic rings. The van der Waals surface area contributed by atoms with Crippen molar-refractivity contribution in [1.29, 1.82) is 0 Å². The molecule has 0 N–H and O–H groups in total. The quantitative estimate of drug-likeness (QED) is 0.595. The van der Waals surface area contributed by atoms with E-state index in [1.54, 1.807) is 18.2 Å². The van der Waals surface area contributed by atoms with Crippen LogP contribution in [0.1, 0.15) is 0 Å². The maximum atomic E-state index is 11.2. The van der Waals surface area contributed by atoms with Gasteiger partial charge in [0.1, 0.15) is 5.75 Å². The third-order valence-corrected chi connectivity index (χ3v) is 3.18. The first-order valence-electron chi connectivity index (χ1n) is 5.89. The summed E-state index contributed by atoms with van der Waals surface area (Å²) in [6, 6.07) is 9.71. The normalized spacial score (nSPS) is 10.0. The Kier molecular flexibility index (Phi) is 4.64. The zero-order valence-corrected chi connectivity index (χ0v) is 12.9. The van der Waals surface area contributed by atoms with Crippen LogP contribution < -0.4 is 14.2 Å². The largest absolute Gasteiger partial charge is 0.493 e.